The van der Waals surface area contributed by atoms with Gasteiger partial charge in [0.15, 0.2) is 11.6 Å². The van der Waals surface area contributed by atoms with Crippen molar-refractivity contribution in [3.63, 3.8) is 0 Å². The summed E-state index contributed by atoms with van der Waals surface area (Å²) >= 11 is 0. The third kappa shape index (κ3) is 4.17. The molecule has 2 aromatic rings. The van der Waals surface area contributed by atoms with E-state index in [1.807, 2.05) is 19.4 Å². The van der Waals surface area contributed by atoms with Gasteiger partial charge in [-0.2, -0.15) is 5.10 Å². The summed E-state index contributed by atoms with van der Waals surface area (Å²) in [5, 5.41) is 10.4. The number of carbonyl (C=O) groups is 1. The van der Waals surface area contributed by atoms with Gasteiger partial charge in [-0.05, 0) is 24.6 Å². The van der Waals surface area contributed by atoms with E-state index in [1.54, 1.807) is 29.8 Å². The predicted octanol–water partition coefficient (Wildman–Crippen LogP) is 1.45. The molecule has 2 N–H and O–H groups in total. The lowest BCUT2D eigenvalue weighted by atomic mass is 9.90. The number of aromatic nitrogens is 2. The second-order valence-electron chi connectivity index (χ2n) is 6.42. The van der Waals surface area contributed by atoms with Crippen LogP contribution in [0.5, 0.6) is 5.75 Å². The van der Waals surface area contributed by atoms with Crippen molar-refractivity contribution in [3.05, 3.63) is 48.0 Å². The summed E-state index contributed by atoms with van der Waals surface area (Å²) in [6, 6.07) is 6.25. The Morgan fingerprint density at radius 3 is 3.00 bits per heavy atom. The minimum absolute atomic E-state index is 0.0252. The monoisotopic (exact) mass is 346 g/mol. The molecule has 25 heavy (non-hydrogen) atoms. The van der Waals surface area contributed by atoms with E-state index in [4.69, 9.17) is 4.74 Å². The molecular formula is C18H23FN4O2. The molecule has 1 aromatic carbocycles. The molecule has 134 valence electrons. The number of ether oxygens (including phenoxy) is 1. The molecular weight excluding hydrogens is 323 g/mol. The van der Waals surface area contributed by atoms with E-state index in [2.05, 4.69) is 15.7 Å². The number of hydrogen-bond acceptors (Lipinski definition) is 4. The topological polar surface area (TPSA) is 68.2 Å². The summed E-state index contributed by atoms with van der Waals surface area (Å²) in [7, 11) is 1.86. The van der Waals surface area contributed by atoms with Gasteiger partial charge in [0.05, 0.1) is 18.7 Å². The van der Waals surface area contributed by atoms with Gasteiger partial charge in [0.25, 0.3) is 0 Å². The molecule has 1 unspecified atom stereocenters. The van der Waals surface area contributed by atoms with Crippen LogP contribution in [0.4, 0.5) is 4.39 Å². The van der Waals surface area contributed by atoms with Crippen LogP contribution < -0.4 is 15.4 Å². The van der Waals surface area contributed by atoms with Gasteiger partial charge in [-0.25, -0.2) is 4.39 Å². The first kappa shape index (κ1) is 17.4. The summed E-state index contributed by atoms with van der Waals surface area (Å²) in [6.45, 7) is 3.51. The second-order valence-corrected chi connectivity index (χ2v) is 6.42. The smallest absolute Gasteiger partial charge is 0.225 e. The minimum Gasteiger partial charge on any atom is -0.486 e. The summed E-state index contributed by atoms with van der Waals surface area (Å²) in [5.41, 5.74) is 1.06. The zero-order chi connectivity index (χ0) is 17.8. The fraction of sp³-hybridized carbons (Fsp3) is 0.444. The van der Waals surface area contributed by atoms with Crippen molar-refractivity contribution in [1.29, 1.82) is 0 Å². The summed E-state index contributed by atoms with van der Waals surface area (Å²) in [6.07, 6.45) is 3.43. The van der Waals surface area contributed by atoms with Crippen LogP contribution in [-0.2, 0) is 11.8 Å². The van der Waals surface area contributed by atoms with Crippen molar-refractivity contribution >= 4 is 5.91 Å². The lowest BCUT2D eigenvalue weighted by Gasteiger charge is -2.20. The summed E-state index contributed by atoms with van der Waals surface area (Å²) in [4.78, 5) is 12.6. The average Bonchev–Trinajstić information content (AvgIpc) is 3.23. The highest BCUT2D eigenvalue weighted by Gasteiger charge is 2.34. The number of para-hydroxylation sites is 1. The molecule has 0 aliphatic carbocycles. The number of carbonyl (C=O) groups excluding carboxylic acids is 1. The first-order chi connectivity index (χ1) is 12.0. The first-order valence-electron chi connectivity index (χ1n) is 8.42. The van der Waals surface area contributed by atoms with Crippen molar-refractivity contribution in [3.8, 4) is 5.75 Å². The van der Waals surface area contributed by atoms with Gasteiger partial charge in [-0.3, -0.25) is 9.48 Å². The fourth-order valence-electron chi connectivity index (χ4n) is 3.11. The van der Waals surface area contributed by atoms with Crippen LogP contribution in [0, 0.1) is 11.7 Å². The van der Waals surface area contributed by atoms with Gasteiger partial charge < -0.3 is 15.4 Å². The maximum atomic E-state index is 13.6. The Labute approximate surface area is 146 Å². The Kier molecular flexibility index (Phi) is 5.33. The number of halogens is 1. The van der Waals surface area contributed by atoms with Gasteiger partial charge in [0.2, 0.25) is 5.91 Å². The van der Waals surface area contributed by atoms with Crippen LogP contribution in [0.3, 0.4) is 0 Å². The lowest BCUT2D eigenvalue weighted by molar-refractivity contribution is -0.125. The fourth-order valence-corrected chi connectivity index (χ4v) is 3.11. The second kappa shape index (κ2) is 7.65. The highest BCUT2D eigenvalue weighted by Crippen LogP contribution is 2.27. The maximum Gasteiger partial charge on any atom is 0.225 e. The molecule has 1 saturated heterocycles. The van der Waals surface area contributed by atoms with Crippen molar-refractivity contribution in [2.75, 3.05) is 19.6 Å². The predicted molar refractivity (Wildman–Crippen MR) is 91.8 cm³/mol. The molecule has 1 aliphatic heterocycles. The number of amides is 1. The SMILES string of the molecule is CC(CNC(=O)[C@H]1CNC[C@@H]1c1cnn(C)c1)Oc1ccccc1F. The van der Waals surface area contributed by atoms with Gasteiger partial charge in [-0.15, -0.1) is 0 Å². The third-order valence-electron chi connectivity index (χ3n) is 4.43. The van der Waals surface area contributed by atoms with Crippen LogP contribution in [0.25, 0.3) is 0 Å². The minimum atomic E-state index is -0.405. The Morgan fingerprint density at radius 1 is 1.48 bits per heavy atom. The zero-order valence-electron chi connectivity index (χ0n) is 14.4. The average molecular weight is 346 g/mol. The summed E-state index contributed by atoms with van der Waals surface area (Å²) < 4.78 is 20.9. The highest BCUT2D eigenvalue weighted by molar-refractivity contribution is 5.80. The largest absolute Gasteiger partial charge is 0.486 e. The van der Waals surface area contributed by atoms with Crippen molar-refractivity contribution in [2.24, 2.45) is 13.0 Å². The van der Waals surface area contributed by atoms with Crippen LogP contribution in [0.2, 0.25) is 0 Å². The van der Waals surface area contributed by atoms with Crippen LogP contribution in [0.1, 0.15) is 18.4 Å². The van der Waals surface area contributed by atoms with Gasteiger partial charge in [0, 0.05) is 32.3 Å². The Balaban J connectivity index is 1.54. The summed E-state index contributed by atoms with van der Waals surface area (Å²) in [5.74, 6) is -0.276. The molecule has 0 spiro atoms. The van der Waals surface area contributed by atoms with E-state index in [0.29, 0.717) is 13.1 Å². The number of nitrogens with zero attached hydrogens (tertiary/aromatic N) is 2. The van der Waals surface area contributed by atoms with Crippen LogP contribution in [-0.4, -0.2) is 41.4 Å². The maximum absolute atomic E-state index is 13.6. The normalized spacial score (nSPS) is 21.1. The van der Waals surface area contributed by atoms with Crippen molar-refractivity contribution < 1.29 is 13.9 Å². The van der Waals surface area contributed by atoms with Crippen molar-refractivity contribution in [2.45, 2.75) is 18.9 Å². The number of aryl methyl sites for hydroxylation is 1. The van der Waals surface area contributed by atoms with E-state index < -0.39 is 5.82 Å². The molecule has 0 bridgehead atoms. The van der Waals surface area contributed by atoms with E-state index >= 15 is 0 Å². The van der Waals surface area contributed by atoms with Gasteiger partial charge in [0.1, 0.15) is 6.10 Å². The molecule has 1 amide bonds. The molecule has 3 rings (SSSR count). The molecule has 7 heteroatoms. The molecule has 1 aliphatic rings. The van der Waals surface area contributed by atoms with E-state index in [9.17, 15) is 9.18 Å². The number of benzene rings is 1. The van der Waals surface area contributed by atoms with Crippen LogP contribution in [0.15, 0.2) is 36.7 Å². The van der Waals surface area contributed by atoms with E-state index in [1.165, 1.54) is 6.07 Å². The molecule has 6 nitrogen and oxygen atoms in total. The highest BCUT2D eigenvalue weighted by atomic mass is 19.1. The molecule has 0 radical (unpaired) electrons. The third-order valence-corrected chi connectivity index (χ3v) is 4.43. The molecule has 1 fully saturated rings. The number of hydrogen-bond donors (Lipinski definition) is 2. The van der Waals surface area contributed by atoms with Gasteiger partial charge >= 0.3 is 0 Å². The number of rotatable bonds is 6. The lowest BCUT2D eigenvalue weighted by Crippen LogP contribution is -2.39. The first-order valence-corrected chi connectivity index (χ1v) is 8.42. The zero-order valence-corrected chi connectivity index (χ0v) is 14.4. The van der Waals surface area contributed by atoms with Gasteiger partial charge in [-0.1, -0.05) is 12.1 Å². The van der Waals surface area contributed by atoms with E-state index in [-0.39, 0.29) is 29.6 Å². The van der Waals surface area contributed by atoms with Crippen LogP contribution >= 0.6 is 0 Å². The quantitative estimate of drug-likeness (QED) is 0.831. The Hall–Kier alpha value is -2.41. The molecule has 3 atom stereocenters. The Bertz CT molecular complexity index is 733. The molecule has 2 heterocycles. The standard InChI is InChI=1S/C18H23FN4O2/c1-12(25-17-6-4-3-5-16(17)19)7-21-18(24)15-10-20-9-14(15)13-8-22-23(2)11-13/h3-6,8,11-12,14-15,20H,7,9-10H2,1-2H3,(H,21,24)/t12?,14-,15+/m1/s1. The molecule has 0 saturated carbocycles. The van der Waals surface area contributed by atoms with Crippen molar-refractivity contribution in [1.82, 2.24) is 20.4 Å². The Morgan fingerprint density at radius 2 is 2.28 bits per heavy atom. The van der Waals surface area contributed by atoms with E-state index in [0.717, 1.165) is 12.1 Å². The number of nitrogens with one attached hydrogen (secondary N) is 2. The molecule has 1 aromatic heterocycles.